The summed E-state index contributed by atoms with van der Waals surface area (Å²) in [4.78, 5) is 0. The van der Waals surface area contributed by atoms with Crippen LogP contribution in [0, 0.1) is 0 Å². The van der Waals surface area contributed by atoms with Crippen molar-refractivity contribution in [2.45, 2.75) is 13.2 Å². The predicted molar refractivity (Wildman–Crippen MR) is 69.2 cm³/mol. The van der Waals surface area contributed by atoms with Crippen LogP contribution in [0.2, 0.25) is 0 Å². The van der Waals surface area contributed by atoms with E-state index in [9.17, 15) is 0 Å². The number of ether oxygens (including phenoxy) is 2. The van der Waals surface area contributed by atoms with Gasteiger partial charge in [0.2, 0.25) is 0 Å². The molecule has 96 valence electrons. The van der Waals surface area contributed by atoms with Crippen LogP contribution in [0.1, 0.15) is 11.3 Å². The molecule has 3 N–H and O–H groups in total. The van der Waals surface area contributed by atoms with Crippen molar-refractivity contribution in [2.75, 3.05) is 12.5 Å². The highest BCUT2D eigenvalue weighted by molar-refractivity contribution is 7.10. The zero-order valence-electron chi connectivity index (χ0n) is 9.92. The normalized spacial score (nSPS) is 10.3. The Bertz CT molecular complexity index is 486. The van der Waals surface area contributed by atoms with Gasteiger partial charge in [0.1, 0.15) is 16.4 Å². The summed E-state index contributed by atoms with van der Waals surface area (Å²) in [5, 5.41) is 4.65. The van der Waals surface area contributed by atoms with E-state index in [4.69, 9.17) is 15.3 Å². The second-order valence-corrected chi connectivity index (χ2v) is 4.29. The van der Waals surface area contributed by atoms with Crippen molar-refractivity contribution < 1.29 is 9.47 Å². The van der Waals surface area contributed by atoms with E-state index in [-0.39, 0.29) is 0 Å². The summed E-state index contributed by atoms with van der Waals surface area (Å²) in [5.41, 5.74) is 4.33. The van der Waals surface area contributed by atoms with E-state index in [1.54, 1.807) is 7.11 Å². The number of nitrogen functional groups attached to an aromatic ring is 1. The first-order chi connectivity index (χ1) is 8.83. The highest BCUT2D eigenvalue weighted by Crippen LogP contribution is 2.17. The topological polar surface area (TPSA) is 82.3 Å². The first kappa shape index (κ1) is 12.7. The zero-order chi connectivity index (χ0) is 12.8. The first-order valence-electron chi connectivity index (χ1n) is 5.32. The van der Waals surface area contributed by atoms with E-state index >= 15 is 0 Å². The average molecular weight is 266 g/mol. The minimum absolute atomic E-state index is 0.377. The van der Waals surface area contributed by atoms with E-state index in [0.29, 0.717) is 13.2 Å². The predicted octanol–water partition coefficient (Wildman–Crippen LogP) is 1.55. The molecule has 0 aliphatic rings. The molecule has 1 aromatic carbocycles. The van der Waals surface area contributed by atoms with Gasteiger partial charge in [-0.15, -0.1) is 5.10 Å². The SMILES string of the molecule is COc1ccc(COCc2nnsc2NN)cc1. The van der Waals surface area contributed by atoms with E-state index in [1.807, 2.05) is 24.3 Å². The molecule has 0 unspecified atom stereocenters. The number of hydrogen-bond donors (Lipinski definition) is 2. The lowest BCUT2D eigenvalue weighted by atomic mass is 10.2. The Morgan fingerprint density at radius 1 is 1.28 bits per heavy atom. The number of anilines is 1. The van der Waals surface area contributed by atoms with Crippen molar-refractivity contribution in [1.82, 2.24) is 9.59 Å². The average Bonchev–Trinajstić information content (AvgIpc) is 2.87. The lowest BCUT2D eigenvalue weighted by Crippen LogP contribution is -2.08. The summed E-state index contributed by atoms with van der Waals surface area (Å²) >= 11 is 1.21. The molecular formula is C11H14N4O2S. The van der Waals surface area contributed by atoms with Crippen LogP contribution in [0.5, 0.6) is 5.75 Å². The zero-order valence-corrected chi connectivity index (χ0v) is 10.7. The number of benzene rings is 1. The highest BCUT2D eigenvalue weighted by Gasteiger charge is 2.06. The number of nitrogens with one attached hydrogen (secondary N) is 1. The van der Waals surface area contributed by atoms with Gasteiger partial charge in [0.25, 0.3) is 0 Å². The van der Waals surface area contributed by atoms with Gasteiger partial charge in [0, 0.05) is 11.5 Å². The lowest BCUT2D eigenvalue weighted by molar-refractivity contribution is 0.105. The molecule has 6 nitrogen and oxygen atoms in total. The van der Waals surface area contributed by atoms with Gasteiger partial charge >= 0.3 is 0 Å². The smallest absolute Gasteiger partial charge is 0.149 e. The maximum Gasteiger partial charge on any atom is 0.149 e. The third-order valence-corrected chi connectivity index (χ3v) is 3.05. The minimum Gasteiger partial charge on any atom is -0.497 e. The van der Waals surface area contributed by atoms with Crippen LogP contribution >= 0.6 is 11.5 Å². The van der Waals surface area contributed by atoms with Crippen LogP contribution in [0.4, 0.5) is 5.00 Å². The molecule has 0 radical (unpaired) electrons. The van der Waals surface area contributed by atoms with Gasteiger partial charge in [0.15, 0.2) is 0 Å². The molecule has 0 saturated carbocycles. The molecule has 0 aliphatic heterocycles. The van der Waals surface area contributed by atoms with Crippen LogP contribution in [0.15, 0.2) is 24.3 Å². The Balaban J connectivity index is 1.84. The molecular weight excluding hydrogens is 252 g/mol. The summed E-state index contributed by atoms with van der Waals surface area (Å²) in [6.45, 7) is 0.883. The molecule has 0 saturated heterocycles. The molecule has 1 aromatic heterocycles. The molecule has 0 amide bonds. The minimum atomic E-state index is 0.377. The van der Waals surface area contributed by atoms with E-state index in [0.717, 1.165) is 22.0 Å². The van der Waals surface area contributed by atoms with Gasteiger partial charge in [-0.2, -0.15) is 0 Å². The number of aromatic nitrogens is 2. The Labute approximate surface area is 109 Å². The second kappa shape index (κ2) is 6.29. The molecule has 18 heavy (non-hydrogen) atoms. The van der Waals surface area contributed by atoms with Gasteiger partial charge in [-0.25, -0.2) is 5.84 Å². The molecule has 2 rings (SSSR count). The van der Waals surface area contributed by atoms with Crippen molar-refractivity contribution in [1.29, 1.82) is 0 Å². The van der Waals surface area contributed by atoms with Gasteiger partial charge in [-0.05, 0) is 17.7 Å². The molecule has 0 spiro atoms. The largest absolute Gasteiger partial charge is 0.497 e. The van der Waals surface area contributed by atoms with Crippen molar-refractivity contribution in [2.24, 2.45) is 5.84 Å². The van der Waals surface area contributed by atoms with Crippen LogP contribution in [0.3, 0.4) is 0 Å². The Morgan fingerprint density at radius 2 is 2.06 bits per heavy atom. The fourth-order valence-electron chi connectivity index (χ4n) is 1.40. The van der Waals surface area contributed by atoms with Gasteiger partial charge in [-0.3, -0.25) is 0 Å². The molecule has 2 aromatic rings. The second-order valence-electron chi connectivity index (χ2n) is 3.53. The van der Waals surface area contributed by atoms with Gasteiger partial charge in [-0.1, -0.05) is 16.6 Å². The molecule has 0 fully saturated rings. The summed E-state index contributed by atoms with van der Waals surface area (Å²) in [6, 6.07) is 7.71. The summed E-state index contributed by atoms with van der Waals surface area (Å²) in [7, 11) is 1.64. The lowest BCUT2D eigenvalue weighted by Gasteiger charge is -2.05. The van der Waals surface area contributed by atoms with Crippen molar-refractivity contribution in [3.63, 3.8) is 0 Å². The molecule has 0 aliphatic carbocycles. The number of nitrogens with zero attached hydrogens (tertiary/aromatic N) is 2. The van der Waals surface area contributed by atoms with Crippen LogP contribution in [-0.2, 0) is 18.0 Å². The third-order valence-electron chi connectivity index (χ3n) is 2.35. The van der Waals surface area contributed by atoms with Crippen LogP contribution in [0.25, 0.3) is 0 Å². The van der Waals surface area contributed by atoms with Crippen molar-refractivity contribution in [3.05, 3.63) is 35.5 Å². The third kappa shape index (κ3) is 3.16. The van der Waals surface area contributed by atoms with Gasteiger partial charge < -0.3 is 14.9 Å². The Kier molecular flexibility index (Phi) is 4.46. The first-order valence-corrected chi connectivity index (χ1v) is 6.09. The van der Waals surface area contributed by atoms with Crippen molar-refractivity contribution >= 4 is 16.5 Å². The number of hydrazine groups is 1. The fourth-order valence-corrected chi connectivity index (χ4v) is 1.88. The Hall–Kier alpha value is -1.70. The number of hydrogen-bond acceptors (Lipinski definition) is 7. The van der Waals surface area contributed by atoms with Crippen LogP contribution in [-0.4, -0.2) is 16.7 Å². The van der Waals surface area contributed by atoms with Gasteiger partial charge in [0.05, 0.1) is 20.3 Å². The molecule has 1 heterocycles. The number of methoxy groups -OCH3 is 1. The molecule has 0 atom stereocenters. The standard InChI is InChI=1S/C11H14N4O2S/c1-16-9-4-2-8(3-5-9)6-17-7-10-11(13-12)18-15-14-10/h2-5,13H,6-7,12H2,1H3. The number of nitrogens with two attached hydrogens (primary N) is 1. The monoisotopic (exact) mass is 266 g/mol. The van der Waals surface area contributed by atoms with Crippen molar-refractivity contribution in [3.8, 4) is 5.75 Å². The van der Waals surface area contributed by atoms with Crippen LogP contribution < -0.4 is 16.0 Å². The molecule has 7 heteroatoms. The quantitative estimate of drug-likeness (QED) is 0.610. The summed E-state index contributed by atoms with van der Waals surface area (Å²) in [6.07, 6.45) is 0. The van der Waals surface area contributed by atoms with E-state index in [2.05, 4.69) is 15.0 Å². The summed E-state index contributed by atoms with van der Waals surface area (Å²) in [5.74, 6) is 6.15. The fraction of sp³-hybridized carbons (Fsp3) is 0.273. The Morgan fingerprint density at radius 3 is 2.72 bits per heavy atom. The number of rotatable bonds is 6. The maximum absolute atomic E-state index is 5.55. The summed E-state index contributed by atoms with van der Waals surface area (Å²) < 4.78 is 14.4. The molecule has 0 bridgehead atoms. The maximum atomic E-state index is 5.55. The van der Waals surface area contributed by atoms with E-state index < -0.39 is 0 Å². The van der Waals surface area contributed by atoms with E-state index in [1.165, 1.54) is 11.5 Å². The highest BCUT2D eigenvalue weighted by atomic mass is 32.1.